The van der Waals surface area contributed by atoms with Crippen LogP contribution < -0.4 is 5.32 Å². The minimum Gasteiger partial charge on any atom is -0.351 e. The molecular formula is C22H24FN3O. The first-order chi connectivity index (χ1) is 12.9. The van der Waals surface area contributed by atoms with Gasteiger partial charge in [-0.25, -0.2) is 9.07 Å². The molecule has 0 spiro atoms. The Balaban J connectivity index is 1.97. The summed E-state index contributed by atoms with van der Waals surface area (Å²) in [5.41, 5.74) is 3.79. The summed E-state index contributed by atoms with van der Waals surface area (Å²) in [4.78, 5) is 12.8. The third-order valence-corrected chi connectivity index (χ3v) is 4.37. The van der Waals surface area contributed by atoms with Crippen molar-refractivity contribution in [2.45, 2.75) is 27.2 Å². The molecule has 2 aromatic carbocycles. The van der Waals surface area contributed by atoms with Crippen molar-refractivity contribution < 1.29 is 9.18 Å². The maximum absolute atomic E-state index is 13.2. The van der Waals surface area contributed by atoms with Gasteiger partial charge in [-0.3, -0.25) is 4.79 Å². The topological polar surface area (TPSA) is 46.9 Å². The Labute approximate surface area is 159 Å². The van der Waals surface area contributed by atoms with Crippen molar-refractivity contribution in [2.75, 3.05) is 6.54 Å². The van der Waals surface area contributed by atoms with Crippen LogP contribution in [-0.4, -0.2) is 22.2 Å². The first kappa shape index (κ1) is 18.8. The van der Waals surface area contributed by atoms with Crippen LogP contribution in [-0.2, 0) is 0 Å². The summed E-state index contributed by atoms with van der Waals surface area (Å²) in [5, 5.41) is 7.57. The molecule has 3 aromatic rings. The van der Waals surface area contributed by atoms with Gasteiger partial charge in [0.05, 0.1) is 11.4 Å². The maximum atomic E-state index is 13.2. The number of hydrogen-bond donors (Lipinski definition) is 1. The van der Waals surface area contributed by atoms with Gasteiger partial charge in [0.1, 0.15) is 11.5 Å². The first-order valence-corrected chi connectivity index (χ1v) is 9.15. The van der Waals surface area contributed by atoms with E-state index in [4.69, 9.17) is 0 Å². The van der Waals surface area contributed by atoms with E-state index in [9.17, 15) is 9.18 Å². The van der Waals surface area contributed by atoms with E-state index in [0.717, 1.165) is 23.2 Å². The van der Waals surface area contributed by atoms with Crippen molar-refractivity contribution in [2.24, 2.45) is 5.92 Å². The van der Waals surface area contributed by atoms with Gasteiger partial charge in [-0.15, -0.1) is 0 Å². The Bertz CT molecular complexity index is 912. The lowest BCUT2D eigenvalue weighted by Crippen LogP contribution is -2.27. The molecule has 1 N–H and O–H groups in total. The van der Waals surface area contributed by atoms with Gasteiger partial charge < -0.3 is 5.32 Å². The summed E-state index contributed by atoms with van der Waals surface area (Å²) >= 11 is 0. The molecule has 0 saturated carbocycles. The number of carbonyl (C=O) groups excluding carboxylic acids is 1. The lowest BCUT2D eigenvalue weighted by atomic mass is 10.1. The highest BCUT2D eigenvalue weighted by atomic mass is 19.1. The molecule has 0 aliphatic rings. The molecule has 1 aromatic heterocycles. The van der Waals surface area contributed by atoms with Crippen LogP contribution in [0.1, 0.15) is 36.3 Å². The summed E-state index contributed by atoms with van der Waals surface area (Å²) < 4.78 is 14.9. The van der Waals surface area contributed by atoms with Crippen LogP contribution in [0.4, 0.5) is 4.39 Å². The van der Waals surface area contributed by atoms with E-state index in [1.807, 2.05) is 31.2 Å². The molecule has 0 radical (unpaired) electrons. The lowest BCUT2D eigenvalue weighted by molar-refractivity contribution is 0.0944. The molecule has 0 atom stereocenters. The predicted molar refractivity (Wildman–Crippen MR) is 105 cm³/mol. The summed E-state index contributed by atoms with van der Waals surface area (Å²) in [6, 6.07) is 15.7. The van der Waals surface area contributed by atoms with E-state index >= 15 is 0 Å². The van der Waals surface area contributed by atoms with Crippen molar-refractivity contribution in [1.82, 2.24) is 15.1 Å². The molecular weight excluding hydrogens is 341 g/mol. The lowest BCUT2D eigenvalue weighted by Gasteiger charge is -2.09. The second-order valence-corrected chi connectivity index (χ2v) is 7.11. The number of halogens is 1. The van der Waals surface area contributed by atoms with Crippen molar-refractivity contribution >= 4 is 5.91 Å². The smallest absolute Gasteiger partial charge is 0.270 e. The van der Waals surface area contributed by atoms with Crippen LogP contribution in [0.15, 0.2) is 54.6 Å². The quantitative estimate of drug-likeness (QED) is 0.684. The van der Waals surface area contributed by atoms with E-state index < -0.39 is 0 Å². The van der Waals surface area contributed by atoms with Gasteiger partial charge >= 0.3 is 0 Å². The molecule has 0 bridgehead atoms. The van der Waals surface area contributed by atoms with E-state index in [0.29, 0.717) is 23.9 Å². The second kappa shape index (κ2) is 8.16. The zero-order valence-electron chi connectivity index (χ0n) is 15.9. The highest BCUT2D eigenvalue weighted by Crippen LogP contribution is 2.22. The Morgan fingerprint density at radius 2 is 1.78 bits per heavy atom. The van der Waals surface area contributed by atoms with Gasteiger partial charge in [0.15, 0.2) is 0 Å². The number of aromatic nitrogens is 2. The van der Waals surface area contributed by atoms with Crippen LogP contribution in [0.25, 0.3) is 16.9 Å². The monoisotopic (exact) mass is 365 g/mol. The van der Waals surface area contributed by atoms with Crippen LogP contribution in [0, 0.1) is 18.7 Å². The summed E-state index contributed by atoms with van der Waals surface area (Å²) in [5.74, 6) is 0.0440. The number of rotatable bonds is 6. The van der Waals surface area contributed by atoms with Crippen LogP contribution in [0.5, 0.6) is 0 Å². The van der Waals surface area contributed by atoms with E-state index in [1.165, 1.54) is 12.1 Å². The Morgan fingerprint density at radius 1 is 1.11 bits per heavy atom. The third kappa shape index (κ3) is 4.61. The van der Waals surface area contributed by atoms with Gasteiger partial charge in [-0.05, 0) is 61.7 Å². The van der Waals surface area contributed by atoms with Crippen molar-refractivity contribution in [3.8, 4) is 16.9 Å². The van der Waals surface area contributed by atoms with Gasteiger partial charge in [0.25, 0.3) is 5.91 Å². The fourth-order valence-electron chi connectivity index (χ4n) is 2.75. The molecule has 0 saturated heterocycles. The average molecular weight is 365 g/mol. The molecule has 0 aliphatic heterocycles. The molecule has 3 rings (SSSR count). The fourth-order valence-corrected chi connectivity index (χ4v) is 2.75. The first-order valence-electron chi connectivity index (χ1n) is 9.15. The molecule has 0 fully saturated rings. The van der Waals surface area contributed by atoms with Gasteiger partial charge in [-0.1, -0.05) is 31.5 Å². The number of amides is 1. The van der Waals surface area contributed by atoms with E-state index in [2.05, 4.69) is 24.3 Å². The maximum Gasteiger partial charge on any atom is 0.270 e. The normalized spacial score (nSPS) is 11.0. The third-order valence-electron chi connectivity index (χ3n) is 4.37. The highest BCUT2D eigenvalue weighted by Gasteiger charge is 2.17. The van der Waals surface area contributed by atoms with Gasteiger partial charge in [0.2, 0.25) is 0 Å². The summed E-state index contributed by atoms with van der Waals surface area (Å²) in [7, 11) is 0. The Kier molecular flexibility index (Phi) is 5.69. The standard InChI is InChI=1S/C22H24FN3O/c1-15(2)12-13-24-22(27)21-14-20(17-6-8-18(23)9-7-17)25-26(21)19-10-4-16(3)5-11-19/h4-11,14-15H,12-13H2,1-3H3,(H,24,27). The van der Waals surface area contributed by atoms with E-state index in [-0.39, 0.29) is 11.7 Å². The van der Waals surface area contributed by atoms with Gasteiger partial charge in [0, 0.05) is 12.1 Å². The second-order valence-electron chi connectivity index (χ2n) is 7.11. The number of benzene rings is 2. The van der Waals surface area contributed by atoms with Gasteiger partial charge in [-0.2, -0.15) is 5.10 Å². The zero-order valence-corrected chi connectivity index (χ0v) is 15.9. The molecule has 0 unspecified atom stereocenters. The summed E-state index contributed by atoms with van der Waals surface area (Å²) in [6.45, 7) is 6.86. The van der Waals surface area contributed by atoms with E-state index in [1.54, 1.807) is 22.9 Å². The molecule has 27 heavy (non-hydrogen) atoms. The van der Waals surface area contributed by atoms with Crippen LogP contribution in [0.2, 0.25) is 0 Å². The minimum absolute atomic E-state index is 0.169. The Morgan fingerprint density at radius 3 is 2.41 bits per heavy atom. The average Bonchev–Trinajstić information content (AvgIpc) is 3.08. The van der Waals surface area contributed by atoms with Crippen molar-refractivity contribution in [3.05, 3.63) is 71.7 Å². The highest BCUT2D eigenvalue weighted by molar-refractivity contribution is 5.94. The number of carbonyl (C=O) groups is 1. The largest absolute Gasteiger partial charge is 0.351 e. The number of nitrogens with zero attached hydrogens (tertiary/aromatic N) is 2. The number of aryl methyl sites for hydroxylation is 1. The van der Waals surface area contributed by atoms with Crippen LogP contribution in [0.3, 0.4) is 0 Å². The Hall–Kier alpha value is -2.95. The van der Waals surface area contributed by atoms with Crippen LogP contribution >= 0.6 is 0 Å². The zero-order chi connectivity index (χ0) is 19.4. The number of hydrogen-bond acceptors (Lipinski definition) is 2. The molecule has 1 heterocycles. The molecule has 4 nitrogen and oxygen atoms in total. The minimum atomic E-state index is -0.302. The predicted octanol–water partition coefficient (Wildman–Crippen LogP) is 4.76. The number of nitrogens with one attached hydrogen (secondary N) is 1. The molecule has 140 valence electrons. The molecule has 0 aliphatic carbocycles. The SMILES string of the molecule is Cc1ccc(-n2nc(-c3ccc(F)cc3)cc2C(=O)NCCC(C)C)cc1. The molecule has 5 heteroatoms. The fraction of sp³-hybridized carbons (Fsp3) is 0.273. The van der Waals surface area contributed by atoms with Crippen molar-refractivity contribution in [3.63, 3.8) is 0 Å². The molecule has 1 amide bonds. The summed E-state index contributed by atoms with van der Waals surface area (Å²) in [6.07, 6.45) is 0.912. The van der Waals surface area contributed by atoms with Crippen molar-refractivity contribution in [1.29, 1.82) is 0 Å².